The topological polar surface area (TPSA) is 58.4 Å². The van der Waals surface area contributed by atoms with Crippen LogP contribution < -0.4 is 5.32 Å². The fourth-order valence-electron chi connectivity index (χ4n) is 3.22. The predicted octanol–water partition coefficient (Wildman–Crippen LogP) is 6.08. The van der Waals surface area contributed by atoms with E-state index in [4.69, 9.17) is 16.0 Å². The predicted molar refractivity (Wildman–Crippen MR) is 120 cm³/mol. The molecular formula is C24H25ClF3N3O2. The number of amides is 1. The summed E-state index contributed by atoms with van der Waals surface area (Å²) in [5, 5.41) is 3.37. The van der Waals surface area contributed by atoms with E-state index in [2.05, 4.69) is 10.3 Å². The molecular weight excluding hydrogens is 455 g/mol. The molecule has 0 saturated heterocycles. The summed E-state index contributed by atoms with van der Waals surface area (Å²) in [6.07, 6.45) is -2.37. The van der Waals surface area contributed by atoms with Crippen LogP contribution in [0.25, 0.3) is 0 Å². The van der Waals surface area contributed by atoms with Gasteiger partial charge in [-0.15, -0.1) is 0 Å². The minimum absolute atomic E-state index is 0.00437. The van der Waals surface area contributed by atoms with E-state index in [-0.39, 0.29) is 36.6 Å². The number of carbonyl (C=O) groups is 1. The highest BCUT2D eigenvalue weighted by Crippen LogP contribution is 2.30. The third kappa shape index (κ3) is 7.07. The van der Waals surface area contributed by atoms with Crippen LogP contribution in [0.15, 0.2) is 59.2 Å². The molecule has 1 aromatic heterocycles. The average Bonchev–Trinajstić information content (AvgIpc) is 3.23. The third-order valence-electron chi connectivity index (χ3n) is 5.15. The van der Waals surface area contributed by atoms with E-state index in [1.54, 1.807) is 18.2 Å². The molecule has 0 aliphatic heterocycles. The molecule has 0 unspecified atom stereocenters. The zero-order chi connectivity index (χ0) is 24.0. The van der Waals surface area contributed by atoms with Crippen LogP contribution in [-0.2, 0) is 25.8 Å². The maximum Gasteiger partial charge on any atom is 0.416 e. The van der Waals surface area contributed by atoms with Crippen LogP contribution in [0.3, 0.4) is 0 Å². The van der Waals surface area contributed by atoms with E-state index < -0.39 is 11.7 Å². The monoisotopic (exact) mass is 479 g/mol. The minimum atomic E-state index is -4.43. The maximum atomic E-state index is 13.2. The van der Waals surface area contributed by atoms with Crippen LogP contribution in [0, 0.1) is 0 Å². The number of hydrogen-bond donors (Lipinski definition) is 1. The van der Waals surface area contributed by atoms with Gasteiger partial charge in [-0.25, -0.2) is 4.98 Å². The van der Waals surface area contributed by atoms with Crippen molar-refractivity contribution in [1.29, 1.82) is 0 Å². The number of rotatable bonds is 9. The Balaban J connectivity index is 1.81. The van der Waals surface area contributed by atoms with Crippen LogP contribution in [-0.4, -0.2) is 21.8 Å². The molecule has 0 fully saturated rings. The molecule has 1 heterocycles. The number of oxazole rings is 1. The molecule has 33 heavy (non-hydrogen) atoms. The van der Waals surface area contributed by atoms with Gasteiger partial charge in [0.15, 0.2) is 5.69 Å². The van der Waals surface area contributed by atoms with Crippen molar-refractivity contribution in [2.45, 2.75) is 52.1 Å². The number of aromatic nitrogens is 1. The van der Waals surface area contributed by atoms with Gasteiger partial charge in [-0.1, -0.05) is 54.9 Å². The Morgan fingerprint density at radius 3 is 2.61 bits per heavy atom. The Morgan fingerprint density at radius 2 is 1.91 bits per heavy atom. The fourth-order valence-corrected chi connectivity index (χ4v) is 3.41. The van der Waals surface area contributed by atoms with Gasteiger partial charge >= 0.3 is 6.18 Å². The van der Waals surface area contributed by atoms with Crippen LogP contribution in [0.4, 0.5) is 13.2 Å². The lowest BCUT2D eigenvalue weighted by molar-refractivity contribution is -0.137. The molecule has 0 saturated carbocycles. The molecule has 1 N–H and O–H groups in total. The first-order valence-corrected chi connectivity index (χ1v) is 10.9. The summed E-state index contributed by atoms with van der Waals surface area (Å²) in [6, 6.07) is 12.4. The zero-order valence-electron chi connectivity index (χ0n) is 18.3. The highest BCUT2D eigenvalue weighted by atomic mass is 35.5. The Labute approximate surface area is 195 Å². The molecule has 0 spiro atoms. The number of nitrogens with zero attached hydrogens (tertiary/aromatic N) is 2. The first kappa shape index (κ1) is 24.8. The van der Waals surface area contributed by atoms with E-state index in [0.29, 0.717) is 17.1 Å². The summed E-state index contributed by atoms with van der Waals surface area (Å²) >= 11 is 6.30. The van der Waals surface area contributed by atoms with E-state index >= 15 is 0 Å². The Kier molecular flexibility index (Phi) is 8.15. The number of carbonyl (C=O) groups excluding carboxylic acids is 1. The highest BCUT2D eigenvalue weighted by molar-refractivity contribution is 6.31. The summed E-state index contributed by atoms with van der Waals surface area (Å²) in [4.78, 5) is 18.4. The summed E-state index contributed by atoms with van der Waals surface area (Å²) in [6.45, 7) is 4.58. The normalized spacial score (nSPS) is 12.7. The molecule has 0 radical (unpaired) electrons. The molecule has 3 rings (SSSR count). The second kappa shape index (κ2) is 10.9. The first-order valence-electron chi connectivity index (χ1n) is 10.5. The molecule has 1 atom stereocenters. The first-order chi connectivity index (χ1) is 15.7. The van der Waals surface area contributed by atoms with Crippen LogP contribution in [0.2, 0.25) is 5.02 Å². The smallest absolute Gasteiger partial charge is 0.416 e. The molecule has 2 aromatic carbocycles. The molecule has 5 nitrogen and oxygen atoms in total. The van der Waals surface area contributed by atoms with Crippen molar-refractivity contribution in [3.8, 4) is 0 Å². The Morgan fingerprint density at radius 1 is 1.15 bits per heavy atom. The molecule has 3 aromatic rings. The lowest BCUT2D eigenvalue weighted by Crippen LogP contribution is -2.32. The summed E-state index contributed by atoms with van der Waals surface area (Å²) in [5.74, 6) is -0.0572. The standard InChI is InChI=1S/C24H25ClF3N3O2/c1-3-16(2)29-23(32)21-15-33-22(30-21)14-31(13-18-8-4-5-10-20(18)25)12-17-7-6-9-19(11-17)24(26,27)28/h4-11,15-16H,3,12-14H2,1-2H3,(H,29,32)/t16-/m1/s1. The minimum Gasteiger partial charge on any atom is -0.447 e. The fraction of sp³-hybridized carbons (Fsp3) is 0.333. The van der Waals surface area contributed by atoms with Crippen molar-refractivity contribution in [3.63, 3.8) is 0 Å². The summed E-state index contributed by atoms with van der Waals surface area (Å²) < 4.78 is 44.9. The SMILES string of the molecule is CC[C@@H](C)NC(=O)c1coc(CN(Cc2cccc(C(F)(F)F)c2)Cc2ccccc2Cl)n1. The van der Waals surface area contributed by atoms with Gasteiger partial charge < -0.3 is 9.73 Å². The second-order valence-electron chi connectivity index (χ2n) is 7.84. The van der Waals surface area contributed by atoms with Crippen molar-refractivity contribution in [2.24, 2.45) is 0 Å². The van der Waals surface area contributed by atoms with Crippen molar-refractivity contribution in [3.05, 3.63) is 88.1 Å². The molecule has 1 amide bonds. The van der Waals surface area contributed by atoms with Crippen molar-refractivity contribution >= 4 is 17.5 Å². The lowest BCUT2D eigenvalue weighted by atomic mass is 10.1. The van der Waals surface area contributed by atoms with Crippen molar-refractivity contribution in [2.75, 3.05) is 0 Å². The average molecular weight is 480 g/mol. The van der Waals surface area contributed by atoms with Crippen molar-refractivity contribution in [1.82, 2.24) is 15.2 Å². The van der Waals surface area contributed by atoms with Gasteiger partial charge in [-0.3, -0.25) is 9.69 Å². The highest BCUT2D eigenvalue weighted by Gasteiger charge is 2.30. The van der Waals surface area contributed by atoms with Crippen molar-refractivity contribution < 1.29 is 22.4 Å². The van der Waals surface area contributed by atoms with Gasteiger partial charge in [0.1, 0.15) is 6.26 Å². The van der Waals surface area contributed by atoms with E-state index in [1.807, 2.05) is 30.9 Å². The van der Waals surface area contributed by atoms with Gasteiger partial charge in [0.05, 0.1) is 12.1 Å². The molecule has 0 bridgehead atoms. The quantitative estimate of drug-likeness (QED) is 0.404. The van der Waals surface area contributed by atoms with Gasteiger partial charge in [-0.05, 0) is 36.6 Å². The third-order valence-corrected chi connectivity index (χ3v) is 5.51. The number of alkyl halides is 3. The number of nitrogens with one attached hydrogen (secondary N) is 1. The summed E-state index contributed by atoms with van der Waals surface area (Å²) in [7, 11) is 0. The molecule has 0 aliphatic rings. The van der Waals surface area contributed by atoms with Gasteiger partial charge in [0, 0.05) is 24.2 Å². The largest absolute Gasteiger partial charge is 0.447 e. The second-order valence-corrected chi connectivity index (χ2v) is 8.25. The van der Waals surface area contributed by atoms with Gasteiger partial charge in [0.25, 0.3) is 5.91 Å². The molecule has 0 aliphatic carbocycles. The maximum absolute atomic E-state index is 13.2. The number of halogens is 4. The van der Waals surface area contributed by atoms with Gasteiger partial charge in [-0.2, -0.15) is 13.2 Å². The van der Waals surface area contributed by atoms with Crippen LogP contribution >= 0.6 is 11.6 Å². The molecule has 9 heteroatoms. The summed E-state index contributed by atoms with van der Waals surface area (Å²) in [5.41, 5.74) is 0.741. The Hall–Kier alpha value is -2.84. The lowest BCUT2D eigenvalue weighted by Gasteiger charge is -2.22. The molecule has 176 valence electrons. The van der Waals surface area contributed by atoms with E-state index in [0.717, 1.165) is 24.1 Å². The van der Waals surface area contributed by atoms with Crippen LogP contribution in [0.5, 0.6) is 0 Å². The number of benzene rings is 2. The Bertz CT molecular complexity index is 1080. The van der Waals surface area contributed by atoms with E-state index in [9.17, 15) is 18.0 Å². The zero-order valence-corrected chi connectivity index (χ0v) is 19.1. The van der Waals surface area contributed by atoms with Gasteiger partial charge in [0.2, 0.25) is 5.89 Å². The van der Waals surface area contributed by atoms with E-state index in [1.165, 1.54) is 12.3 Å². The number of hydrogen-bond acceptors (Lipinski definition) is 4. The van der Waals surface area contributed by atoms with Crippen LogP contribution in [0.1, 0.15) is 53.3 Å².